The maximum atomic E-state index is 13.1. The summed E-state index contributed by atoms with van der Waals surface area (Å²) >= 11 is 1.20. The Kier molecular flexibility index (Phi) is 4.90. The third-order valence-electron chi connectivity index (χ3n) is 5.65. The molecule has 11 heteroatoms. The number of aromatic nitrogens is 3. The summed E-state index contributed by atoms with van der Waals surface area (Å²) < 4.78 is 1.47. The van der Waals surface area contributed by atoms with Crippen LogP contribution in [0, 0.1) is 5.41 Å². The standard InChI is InChI=1S/C22H21N7O3S/c1-29-15-6-12-13(7-14(15)27-22(29)32)26-19(18(12)21(31)25-11-2-3-11)28-20(30)17-5-4-16(33-17)10(8-23)9-24/h4-9,11,23,26H,2-3,24H2,1H3,(H,25,31)(H,27,32)(H,28,30)/b10-9+,23-8?. The van der Waals surface area contributed by atoms with E-state index in [9.17, 15) is 14.4 Å². The number of amides is 2. The highest BCUT2D eigenvalue weighted by molar-refractivity contribution is 7.15. The summed E-state index contributed by atoms with van der Waals surface area (Å²) in [5.41, 5.74) is 8.01. The average Bonchev–Trinajstić information content (AvgIpc) is 3.23. The number of allylic oxidation sites excluding steroid dienone is 1. The highest BCUT2D eigenvalue weighted by atomic mass is 32.1. The van der Waals surface area contributed by atoms with Crippen molar-refractivity contribution in [3.8, 4) is 0 Å². The van der Waals surface area contributed by atoms with Gasteiger partial charge in [-0.05, 0) is 37.1 Å². The number of thiophene rings is 1. The van der Waals surface area contributed by atoms with E-state index in [1.165, 1.54) is 22.1 Å². The van der Waals surface area contributed by atoms with Crippen molar-refractivity contribution >= 4 is 62.7 Å². The fraction of sp³-hybridized carbons (Fsp3) is 0.182. The van der Waals surface area contributed by atoms with Gasteiger partial charge in [-0.15, -0.1) is 11.3 Å². The Labute approximate surface area is 191 Å². The number of fused-ring (bicyclic) bond motifs is 2. The molecule has 1 saturated carbocycles. The summed E-state index contributed by atoms with van der Waals surface area (Å²) in [5, 5.41) is 13.8. The smallest absolute Gasteiger partial charge is 0.326 e. The van der Waals surface area contributed by atoms with E-state index >= 15 is 0 Å². The highest BCUT2D eigenvalue weighted by Crippen LogP contribution is 2.32. The molecule has 3 heterocycles. The van der Waals surface area contributed by atoms with E-state index in [0.29, 0.717) is 42.8 Å². The Balaban J connectivity index is 1.57. The fourth-order valence-corrected chi connectivity index (χ4v) is 4.62. The number of H-pyrrole nitrogens is 2. The molecule has 1 aromatic carbocycles. The first-order chi connectivity index (χ1) is 15.9. The number of aromatic amines is 2. The predicted octanol–water partition coefficient (Wildman–Crippen LogP) is 2.50. The molecular weight excluding hydrogens is 442 g/mol. The molecule has 0 aliphatic heterocycles. The van der Waals surface area contributed by atoms with Crippen molar-refractivity contribution in [2.75, 3.05) is 5.32 Å². The number of nitrogens with two attached hydrogens (primary N) is 1. The molecule has 4 aromatic rings. The van der Waals surface area contributed by atoms with Crippen molar-refractivity contribution in [2.24, 2.45) is 12.8 Å². The second kappa shape index (κ2) is 7.78. The number of anilines is 1. The number of carbonyl (C=O) groups is 2. The van der Waals surface area contributed by atoms with Crippen LogP contribution in [0.2, 0.25) is 0 Å². The third kappa shape index (κ3) is 3.61. The zero-order chi connectivity index (χ0) is 23.3. The van der Waals surface area contributed by atoms with Crippen LogP contribution in [0.1, 0.15) is 37.7 Å². The van der Waals surface area contributed by atoms with Crippen molar-refractivity contribution in [1.29, 1.82) is 5.41 Å². The minimum atomic E-state index is -0.391. The lowest BCUT2D eigenvalue weighted by molar-refractivity contribution is 0.0953. The second-order valence-electron chi connectivity index (χ2n) is 7.91. The Hall–Kier alpha value is -4.12. The molecule has 7 N–H and O–H groups in total. The normalized spacial score (nSPS) is 14.0. The van der Waals surface area contributed by atoms with Crippen molar-refractivity contribution in [2.45, 2.75) is 18.9 Å². The number of carbonyl (C=O) groups excluding carboxylic acids is 2. The van der Waals surface area contributed by atoms with Crippen LogP contribution in [-0.2, 0) is 7.05 Å². The molecular formula is C22H21N7O3S. The van der Waals surface area contributed by atoms with Gasteiger partial charge in [-0.3, -0.25) is 14.2 Å². The van der Waals surface area contributed by atoms with E-state index < -0.39 is 5.91 Å². The molecule has 2 amide bonds. The first-order valence-electron chi connectivity index (χ1n) is 10.3. The van der Waals surface area contributed by atoms with E-state index in [1.54, 1.807) is 31.3 Å². The van der Waals surface area contributed by atoms with Crippen LogP contribution >= 0.6 is 11.3 Å². The molecule has 0 saturated heterocycles. The van der Waals surface area contributed by atoms with Crippen LogP contribution < -0.4 is 22.1 Å². The zero-order valence-corrected chi connectivity index (χ0v) is 18.4. The number of benzene rings is 1. The Morgan fingerprint density at radius 3 is 2.64 bits per heavy atom. The Morgan fingerprint density at radius 1 is 1.18 bits per heavy atom. The van der Waals surface area contributed by atoms with Gasteiger partial charge in [0, 0.05) is 41.3 Å². The molecule has 1 fully saturated rings. The van der Waals surface area contributed by atoms with Gasteiger partial charge >= 0.3 is 5.69 Å². The van der Waals surface area contributed by atoms with Gasteiger partial charge < -0.3 is 31.7 Å². The average molecular weight is 464 g/mol. The molecule has 10 nitrogen and oxygen atoms in total. The lowest BCUT2D eigenvalue weighted by atomic mass is 10.1. The van der Waals surface area contributed by atoms with Crippen molar-refractivity contribution in [3.63, 3.8) is 0 Å². The van der Waals surface area contributed by atoms with Gasteiger partial charge in [0.05, 0.1) is 27.0 Å². The molecule has 0 unspecified atom stereocenters. The molecule has 0 atom stereocenters. The zero-order valence-electron chi connectivity index (χ0n) is 17.6. The number of hydrogen-bond donors (Lipinski definition) is 6. The van der Waals surface area contributed by atoms with Gasteiger partial charge in [-0.1, -0.05) is 0 Å². The predicted molar refractivity (Wildman–Crippen MR) is 129 cm³/mol. The monoisotopic (exact) mass is 463 g/mol. The number of aryl methyl sites for hydroxylation is 1. The van der Waals surface area contributed by atoms with E-state index in [-0.39, 0.29) is 23.5 Å². The van der Waals surface area contributed by atoms with Gasteiger partial charge in [0.2, 0.25) is 0 Å². The summed E-state index contributed by atoms with van der Waals surface area (Å²) in [7, 11) is 1.65. The maximum absolute atomic E-state index is 13.1. The lowest BCUT2D eigenvalue weighted by Crippen LogP contribution is -2.26. The van der Waals surface area contributed by atoms with Gasteiger partial charge in [0.25, 0.3) is 11.8 Å². The summed E-state index contributed by atoms with van der Waals surface area (Å²) in [6, 6.07) is 7.02. The van der Waals surface area contributed by atoms with Crippen LogP contribution in [0.15, 0.2) is 35.3 Å². The van der Waals surface area contributed by atoms with Crippen LogP contribution in [-0.4, -0.2) is 38.6 Å². The first-order valence-corrected chi connectivity index (χ1v) is 11.1. The fourth-order valence-electron chi connectivity index (χ4n) is 3.72. The van der Waals surface area contributed by atoms with Crippen molar-refractivity contribution in [1.82, 2.24) is 19.9 Å². The summed E-state index contributed by atoms with van der Waals surface area (Å²) in [4.78, 5) is 45.1. The molecule has 168 valence electrons. The topological polar surface area (TPSA) is 162 Å². The Bertz CT molecular complexity index is 1530. The number of imidazole rings is 1. The third-order valence-corrected chi connectivity index (χ3v) is 6.78. The maximum Gasteiger partial charge on any atom is 0.326 e. The van der Waals surface area contributed by atoms with Gasteiger partial charge in [0.15, 0.2) is 0 Å². The molecule has 3 aromatic heterocycles. The van der Waals surface area contributed by atoms with Crippen LogP contribution in [0.3, 0.4) is 0 Å². The minimum absolute atomic E-state index is 0.133. The number of nitrogens with one attached hydrogen (secondary N) is 5. The molecule has 1 aliphatic rings. The van der Waals surface area contributed by atoms with Crippen LogP contribution in [0.25, 0.3) is 27.5 Å². The van der Waals surface area contributed by atoms with Crippen molar-refractivity contribution in [3.05, 3.63) is 56.3 Å². The van der Waals surface area contributed by atoms with Crippen LogP contribution in [0.4, 0.5) is 5.82 Å². The van der Waals surface area contributed by atoms with Gasteiger partial charge in [0.1, 0.15) is 5.82 Å². The van der Waals surface area contributed by atoms with E-state index in [1.807, 2.05) is 0 Å². The summed E-state index contributed by atoms with van der Waals surface area (Å²) in [6.07, 6.45) is 4.29. The second-order valence-corrected chi connectivity index (χ2v) is 8.99. The number of rotatable bonds is 6. The van der Waals surface area contributed by atoms with Gasteiger partial charge in [-0.25, -0.2) is 4.79 Å². The van der Waals surface area contributed by atoms with E-state index in [0.717, 1.165) is 19.1 Å². The lowest BCUT2D eigenvalue weighted by Gasteiger charge is -2.07. The summed E-state index contributed by atoms with van der Waals surface area (Å²) in [5.74, 6) is -0.400. The molecule has 1 aliphatic carbocycles. The minimum Gasteiger partial charge on any atom is -0.404 e. The summed E-state index contributed by atoms with van der Waals surface area (Å²) in [6.45, 7) is 0. The molecule has 0 bridgehead atoms. The van der Waals surface area contributed by atoms with E-state index in [2.05, 4.69) is 20.6 Å². The number of nitrogens with zero attached hydrogens (tertiary/aromatic N) is 1. The molecule has 0 spiro atoms. The van der Waals surface area contributed by atoms with Crippen molar-refractivity contribution < 1.29 is 9.59 Å². The highest BCUT2D eigenvalue weighted by Gasteiger charge is 2.28. The van der Waals surface area contributed by atoms with Crippen LogP contribution in [0.5, 0.6) is 0 Å². The largest absolute Gasteiger partial charge is 0.404 e. The number of hydrogen-bond acceptors (Lipinski definition) is 6. The quantitative estimate of drug-likeness (QED) is 0.242. The first kappa shape index (κ1) is 20.8. The van der Waals surface area contributed by atoms with Gasteiger partial charge in [-0.2, -0.15) is 0 Å². The Morgan fingerprint density at radius 2 is 1.94 bits per heavy atom. The molecule has 5 rings (SSSR count). The molecule has 0 radical (unpaired) electrons. The molecule has 33 heavy (non-hydrogen) atoms. The van der Waals surface area contributed by atoms with E-state index in [4.69, 9.17) is 11.1 Å². The SMILES string of the molecule is Cn1c(=O)[nH]c2cc3[nH]c(NC(=O)c4ccc(/C(C=N)=C/N)s4)c(C(=O)NC4CC4)c3cc21.